The second-order valence-electron chi connectivity index (χ2n) is 8.59. The van der Waals surface area contributed by atoms with E-state index in [1.54, 1.807) is 0 Å². The average molecular weight is 405 g/mol. The Morgan fingerprint density at radius 1 is 0.724 bits per heavy atom. The summed E-state index contributed by atoms with van der Waals surface area (Å²) in [5.41, 5.74) is 1.29. The molecule has 0 atom stereocenters. The number of aliphatic hydroxyl groups is 1. The molecule has 3 aromatic rings. The van der Waals surface area contributed by atoms with E-state index in [-0.39, 0.29) is 11.6 Å². The normalized spacial score (nSPS) is 12.0. The van der Waals surface area contributed by atoms with Gasteiger partial charge in [-0.1, -0.05) is 93.6 Å². The van der Waals surface area contributed by atoms with Gasteiger partial charge in [0.25, 0.3) is 0 Å². The summed E-state index contributed by atoms with van der Waals surface area (Å²) in [5.74, 6) is 0.921. The zero-order chi connectivity index (χ0) is 20.7. The summed E-state index contributed by atoms with van der Waals surface area (Å²) in [4.78, 5) is 0. The molecule has 0 unspecified atom stereocenters. The largest absolute Gasteiger partial charge is 0.534 e. The van der Waals surface area contributed by atoms with E-state index in [1.165, 1.54) is 15.9 Å². The van der Waals surface area contributed by atoms with E-state index < -0.39 is 8.32 Å². The third-order valence-electron chi connectivity index (χ3n) is 5.48. The van der Waals surface area contributed by atoms with Crippen LogP contribution >= 0.6 is 0 Å². The molecule has 1 N–H and O–H groups in total. The maximum atomic E-state index is 8.99. The van der Waals surface area contributed by atoms with Crippen molar-refractivity contribution in [1.29, 1.82) is 0 Å². The van der Waals surface area contributed by atoms with Gasteiger partial charge in [-0.3, -0.25) is 0 Å². The Bertz CT molecular complexity index is 829. The summed E-state index contributed by atoms with van der Waals surface area (Å²) in [5, 5.41) is 11.5. The van der Waals surface area contributed by atoms with Crippen LogP contribution in [0, 0.1) is 0 Å². The van der Waals surface area contributed by atoms with Gasteiger partial charge < -0.3 is 9.53 Å². The van der Waals surface area contributed by atoms with Crippen molar-refractivity contribution in [1.82, 2.24) is 0 Å². The minimum Gasteiger partial charge on any atom is -0.534 e. The molecule has 0 fully saturated rings. The van der Waals surface area contributed by atoms with Crippen LogP contribution in [0.15, 0.2) is 84.9 Å². The number of aryl methyl sites for hydroxylation is 1. The van der Waals surface area contributed by atoms with Crippen molar-refractivity contribution in [2.24, 2.45) is 0 Å². The summed E-state index contributed by atoms with van der Waals surface area (Å²) in [7, 11) is -2.57. The highest BCUT2D eigenvalue weighted by atomic mass is 28.4. The minimum atomic E-state index is -2.57. The molecule has 29 heavy (non-hydrogen) atoms. The van der Waals surface area contributed by atoms with Gasteiger partial charge in [0.1, 0.15) is 5.75 Å². The third-order valence-corrected chi connectivity index (χ3v) is 10.4. The van der Waals surface area contributed by atoms with E-state index in [0.717, 1.165) is 25.0 Å². The fourth-order valence-electron chi connectivity index (χ4n) is 3.99. The van der Waals surface area contributed by atoms with Gasteiger partial charge >= 0.3 is 8.32 Å². The molecular formula is C26H32O2Si. The van der Waals surface area contributed by atoms with Crippen LogP contribution in [0.3, 0.4) is 0 Å². The predicted octanol–water partition coefficient (Wildman–Crippen LogP) is 4.94. The molecule has 2 nitrogen and oxygen atoms in total. The SMILES string of the molecule is CC(C)(C)[Si](Oc1ccc(CCCCO)cc1)(c1ccccc1)c1ccccc1. The monoisotopic (exact) mass is 404 g/mol. The van der Waals surface area contributed by atoms with E-state index in [4.69, 9.17) is 9.53 Å². The van der Waals surface area contributed by atoms with Gasteiger partial charge in [0.15, 0.2) is 0 Å². The zero-order valence-electron chi connectivity index (χ0n) is 17.8. The van der Waals surface area contributed by atoms with Crippen molar-refractivity contribution in [3.63, 3.8) is 0 Å². The summed E-state index contributed by atoms with van der Waals surface area (Å²) >= 11 is 0. The number of hydrogen-bond donors (Lipinski definition) is 1. The van der Waals surface area contributed by atoms with Gasteiger partial charge in [0.05, 0.1) is 0 Å². The molecule has 0 aliphatic rings. The third kappa shape index (κ3) is 4.80. The first-order valence-corrected chi connectivity index (χ1v) is 12.4. The quantitative estimate of drug-likeness (QED) is 0.426. The molecule has 0 aliphatic carbocycles. The lowest BCUT2D eigenvalue weighted by Crippen LogP contribution is -2.68. The first-order valence-electron chi connectivity index (χ1n) is 10.5. The first-order chi connectivity index (χ1) is 14.0. The lowest BCUT2D eigenvalue weighted by Gasteiger charge is -2.43. The van der Waals surface area contributed by atoms with E-state index in [1.807, 2.05) is 0 Å². The van der Waals surface area contributed by atoms with Gasteiger partial charge in [-0.15, -0.1) is 0 Å². The van der Waals surface area contributed by atoms with E-state index in [9.17, 15) is 0 Å². The molecule has 0 amide bonds. The predicted molar refractivity (Wildman–Crippen MR) is 125 cm³/mol. The number of hydrogen-bond acceptors (Lipinski definition) is 2. The Labute approximate surface area is 176 Å². The fraction of sp³-hybridized carbons (Fsp3) is 0.308. The molecule has 0 saturated heterocycles. The van der Waals surface area contributed by atoms with E-state index >= 15 is 0 Å². The summed E-state index contributed by atoms with van der Waals surface area (Å²) in [6.45, 7) is 7.14. The fourth-order valence-corrected chi connectivity index (χ4v) is 8.41. The summed E-state index contributed by atoms with van der Waals surface area (Å²) in [6, 6.07) is 30.0. The van der Waals surface area contributed by atoms with E-state index in [2.05, 4.69) is 106 Å². The topological polar surface area (TPSA) is 29.5 Å². The van der Waals surface area contributed by atoms with E-state index in [0.29, 0.717) is 0 Å². The Morgan fingerprint density at radius 2 is 1.24 bits per heavy atom. The molecule has 3 aromatic carbocycles. The van der Waals surface area contributed by atoms with Crippen LogP contribution in [0.2, 0.25) is 5.04 Å². The lowest BCUT2D eigenvalue weighted by atomic mass is 10.1. The standard InChI is InChI=1S/C26H32O2Si/c1-26(2,3)29(24-13-6-4-7-14-24,25-15-8-5-9-16-25)28-23-19-17-22(18-20-23)12-10-11-21-27/h4-9,13-20,27H,10-12,21H2,1-3H3. The maximum absolute atomic E-state index is 8.99. The van der Waals surface area contributed by atoms with Crippen LogP contribution in [-0.2, 0) is 6.42 Å². The second-order valence-corrected chi connectivity index (χ2v) is 12.8. The van der Waals surface area contributed by atoms with Crippen LogP contribution in [0.25, 0.3) is 0 Å². The number of aliphatic hydroxyl groups excluding tert-OH is 1. The molecular weight excluding hydrogens is 372 g/mol. The Morgan fingerprint density at radius 3 is 1.69 bits per heavy atom. The van der Waals surface area contributed by atoms with Crippen LogP contribution in [0.5, 0.6) is 5.75 Å². The highest BCUT2D eigenvalue weighted by molar-refractivity contribution is 7.00. The highest BCUT2D eigenvalue weighted by Crippen LogP contribution is 2.37. The number of unbranched alkanes of at least 4 members (excludes halogenated alkanes) is 1. The van der Waals surface area contributed by atoms with Gasteiger partial charge in [-0.05, 0) is 52.4 Å². The van der Waals surface area contributed by atoms with Gasteiger partial charge in [-0.2, -0.15) is 0 Å². The van der Waals surface area contributed by atoms with Crippen molar-refractivity contribution < 1.29 is 9.53 Å². The molecule has 0 aliphatic heterocycles. The highest BCUT2D eigenvalue weighted by Gasteiger charge is 2.52. The molecule has 0 bridgehead atoms. The van der Waals surface area contributed by atoms with Crippen molar-refractivity contribution >= 4 is 18.7 Å². The summed E-state index contributed by atoms with van der Waals surface area (Å²) in [6.07, 6.45) is 2.84. The van der Waals surface area contributed by atoms with Crippen LogP contribution in [0.4, 0.5) is 0 Å². The lowest BCUT2D eigenvalue weighted by molar-refractivity contribution is 0.284. The van der Waals surface area contributed by atoms with Crippen LogP contribution in [-0.4, -0.2) is 20.0 Å². The Hall–Kier alpha value is -2.36. The van der Waals surface area contributed by atoms with Crippen molar-refractivity contribution in [2.75, 3.05) is 6.61 Å². The molecule has 0 heterocycles. The van der Waals surface area contributed by atoms with Crippen molar-refractivity contribution in [3.8, 4) is 5.75 Å². The molecule has 3 rings (SSSR count). The smallest absolute Gasteiger partial charge is 0.319 e. The zero-order valence-corrected chi connectivity index (χ0v) is 18.8. The number of rotatable bonds is 8. The first kappa shape index (κ1) is 21.3. The minimum absolute atomic E-state index is 0.0461. The average Bonchev–Trinajstić information content (AvgIpc) is 2.73. The van der Waals surface area contributed by atoms with Crippen LogP contribution in [0.1, 0.15) is 39.2 Å². The molecule has 0 aromatic heterocycles. The number of benzene rings is 3. The molecule has 3 heteroatoms. The molecule has 152 valence electrons. The maximum Gasteiger partial charge on any atom is 0.319 e. The molecule has 0 radical (unpaired) electrons. The van der Waals surface area contributed by atoms with Crippen molar-refractivity contribution in [3.05, 3.63) is 90.5 Å². The Balaban J connectivity index is 2.02. The summed E-state index contributed by atoms with van der Waals surface area (Å²) < 4.78 is 7.02. The molecule has 0 saturated carbocycles. The van der Waals surface area contributed by atoms with Gasteiger partial charge in [0, 0.05) is 6.61 Å². The van der Waals surface area contributed by atoms with Gasteiger partial charge in [0.2, 0.25) is 0 Å². The van der Waals surface area contributed by atoms with Gasteiger partial charge in [-0.25, -0.2) is 0 Å². The second kappa shape index (κ2) is 9.42. The molecule has 0 spiro atoms. The Kier molecular flexibility index (Phi) is 6.94. The van der Waals surface area contributed by atoms with Crippen molar-refractivity contribution in [2.45, 2.75) is 45.1 Å². The van der Waals surface area contributed by atoms with Crippen LogP contribution < -0.4 is 14.8 Å².